The average molecular weight is 235 g/mol. The molecule has 1 unspecified atom stereocenters. The normalized spacial score (nSPS) is 21.2. The maximum absolute atomic E-state index is 5.33. The molecule has 1 aliphatic heterocycles. The first-order valence-corrected chi connectivity index (χ1v) is 6.15. The number of hydrogen-bond acceptors (Lipinski definition) is 4. The van der Waals surface area contributed by atoms with Gasteiger partial charge in [-0.25, -0.2) is 0 Å². The predicted molar refractivity (Wildman–Crippen MR) is 69.7 cm³/mol. The Labute approximate surface area is 103 Å². The van der Waals surface area contributed by atoms with E-state index in [1.807, 2.05) is 13.0 Å². The molecule has 2 heterocycles. The van der Waals surface area contributed by atoms with Crippen LogP contribution in [0.4, 0.5) is 5.69 Å². The molecule has 1 aromatic rings. The zero-order chi connectivity index (χ0) is 12.3. The summed E-state index contributed by atoms with van der Waals surface area (Å²) in [6.45, 7) is 4.28. The third-order valence-electron chi connectivity index (χ3n) is 3.21. The summed E-state index contributed by atoms with van der Waals surface area (Å²) in [5.41, 5.74) is 2.07. The van der Waals surface area contributed by atoms with Gasteiger partial charge in [0.1, 0.15) is 0 Å². The Balaban J connectivity index is 2.08. The van der Waals surface area contributed by atoms with Crippen molar-refractivity contribution in [2.45, 2.75) is 25.8 Å². The van der Waals surface area contributed by atoms with Crippen molar-refractivity contribution in [3.8, 4) is 5.75 Å². The van der Waals surface area contributed by atoms with Crippen LogP contribution in [0.25, 0.3) is 0 Å². The van der Waals surface area contributed by atoms with Crippen LogP contribution < -0.4 is 10.1 Å². The van der Waals surface area contributed by atoms with Gasteiger partial charge in [-0.15, -0.1) is 0 Å². The minimum absolute atomic E-state index is 0.504. The molecule has 1 aliphatic rings. The van der Waals surface area contributed by atoms with E-state index in [9.17, 15) is 0 Å². The fourth-order valence-corrected chi connectivity index (χ4v) is 2.33. The van der Waals surface area contributed by atoms with Gasteiger partial charge in [-0.1, -0.05) is 0 Å². The zero-order valence-corrected chi connectivity index (χ0v) is 10.9. The molecule has 17 heavy (non-hydrogen) atoms. The summed E-state index contributed by atoms with van der Waals surface area (Å²) in [5.74, 6) is 0.823. The number of nitrogens with zero attached hydrogens (tertiary/aromatic N) is 2. The van der Waals surface area contributed by atoms with E-state index in [4.69, 9.17) is 4.74 Å². The first-order chi connectivity index (χ1) is 8.19. The number of methoxy groups -OCH3 is 1. The summed E-state index contributed by atoms with van der Waals surface area (Å²) in [6.07, 6.45) is 4.25. The summed E-state index contributed by atoms with van der Waals surface area (Å²) in [7, 11) is 3.85. The van der Waals surface area contributed by atoms with Crippen molar-refractivity contribution in [2.75, 3.05) is 32.6 Å². The molecule has 1 N–H and O–H groups in total. The summed E-state index contributed by atoms with van der Waals surface area (Å²) in [4.78, 5) is 6.61. The molecule has 2 rings (SSSR count). The molecule has 0 aromatic carbocycles. The molecular weight excluding hydrogens is 214 g/mol. The quantitative estimate of drug-likeness (QED) is 0.868. The third kappa shape index (κ3) is 3.09. The lowest BCUT2D eigenvalue weighted by Gasteiger charge is -2.31. The minimum Gasteiger partial charge on any atom is -0.493 e. The van der Waals surface area contributed by atoms with Crippen LogP contribution in [0.15, 0.2) is 12.3 Å². The van der Waals surface area contributed by atoms with Gasteiger partial charge in [-0.05, 0) is 39.4 Å². The SMILES string of the molecule is COc1cnc(C)cc1NC1CCCN(C)C1. The van der Waals surface area contributed by atoms with E-state index in [0.29, 0.717) is 6.04 Å². The van der Waals surface area contributed by atoms with E-state index in [1.165, 1.54) is 19.4 Å². The Bertz CT molecular complexity index is 381. The molecule has 0 amide bonds. The van der Waals surface area contributed by atoms with E-state index in [2.05, 4.69) is 22.2 Å². The number of anilines is 1. The summed E-state index contributed by atoms with van der Waals surface area (Å²) < 4.78 is 5.33. The second-order valence-corrected chi connectivity index (χ2v) is 4.77. The van der Waals surface area contributed by atoms with Crippen LogP contribution in [0.2, 0.25) is 0 Å². The standard InChI is InChI=1S/C13H21N3O/c1-10-7-12(13(17-3)8-14-10)15-11-5-4-6-16(2)9-11/h7-8,11H,4-6,9H2,1-3H3,(H,14,15). The highest BCUT2D eigenvalue weighted by Gasteiger charge is 2.18. The van der Waals surface area contributed by atoms with Gasteiger partial charge in [0, 0.05) is 18.3 Å². The molecule has 0 spiro atoms. The summed E-state index contributed by atoms with van der Waals surface area (Å²) in [5, 5.41) is 3.56. The maximum atomic E-state index is 5.33. The lowest BCUT2D eigenvalue weighted by Crippen LogP contribution is -2.39. The van der Waals surface area contributed by atoms with Crippen LogP contribution in [0.3, 0.4) is 0 Å². The highest BCUT2D eigenvalue weighted by atomic mass is 16.5. The lowest BCUT2D eigenvalue weighted by molar-refractivity contribution is 0.260. The molecule has 0 saturated carbocycles. The van der Waals surface area contributed by atoms with Gasteiger partial charge in [0.25, 0.3) is 0 Å². The molecule has 1 fully saturated rings. The Morgan fingerprint density at radius 2 is 2.35 bits per heavy atom. The number of likely N-dealkylation sites (tertiary alicyclic amines) is 1. The minimum atomic E-state index is 0.504. The van der Waals surface area contributed by atoms with Crippen molar-refractivity contribution in [2.24, 2.45) is 0 Å². The van der Waals surface area contributed by atoms with E-state index in [1.54, 1.807) is 13.3 Å². The van der Waals surface area contributed by atoms with Crippen LogP contribution >= 0.6 is 0 Å². The fraction of sp³-hybridized carbons (Fsp3) is 0.615. The summed E-state index contributed by atoms with van der Waals surface area (Å²) >= 11 is 0. The molecule has 4 heteroatoms. The van der Waals surface area contributed by atoms with Crippen molar-refractivity contribution >= 4 is 5.69 Å². The molecule has 1 saturated heterocycles. The van der Waals surface area contributed by atoms with E-state index in [0.717, 1.165) is 23.7 Å². The molecular formula is C13H21N3O. The van der Waals surface area contributed by atoms with E-state index < -0.39 is 0 Å². The van der Waals surface area contributed by atoms with Gasteiger partial charge < -0.3 is 15.0 Å². The van der Waals surface area contributed by atoms with Crippen LogP contribution in [0, 0.1) is 6.92 Å². The number of rotatable bonds is 3. The second-order valence-electron chi connectivity index (χ2n) is 4.77. The fourth-order valence-electron chi connectivity index (χ4n) is 2.33. The Morgan fingerprint density at radius 3 is 3.06 bits per heavy atom. The zero-order valence-electron chi connectivity index (χ0n) is 10.9. The molecule has 4 nitrogen and oxygen atoms in total. The van der Waals surface area contributed by atoms with Crippen LogP contribution in [-0.2, 0) is 0 Å². The molecule has 1 aromatic heterocycles. The predicted octanol–water partition coefficient (Wildman–Crippen LogP) is 1.90. The molecule has 1 atom stereocenters. The third-order valence-corrected chi connectivity index (χ3v) is 3.21. The van der Waals surface area contributed by atoms with Crippen molar-refractivity contribution in [1.29, 1.82) is 0 Å². The van der Waals surface area contributed by atoms with E-state index >= 15 is 0 Å². The topological polar surface area (TPSA) is 37.4 Å². The first-order valence-electron chi connectivity index (χ1n) is 6.15. The second kappa shape index (κ2) is 5.36. The Morgan fingerprint density at radius 1 is 1.53 bits per heavy atom. The molecule has 0 radical (unpaired) electrons. The van der Waals surface area contributed by atoms with Crippen LogP contribution in [0.1, 0.15) is 18.5 Å². The van der Waals surface area contributed by atoms with Crippen molar-refractivity contribution < 1.29 is 4.74 Å². The molecule has 0 aliphatic carbocycles. The number of likely N-dealkylation sites (N-methyl/N-ethyl adjacent to an activating group) is 1. The van der Waals surface area contributed by atoms with Crippen molar-refractivity contribution in [1.82, 2.24) is 9.88 Å². The van der Waals surface area contributed by atoms with E-state index in [-0.39, 0.29) is 0 Å². The van der Waals surface area contributed by atoms with Gasteiger partial charge in [0.2, 0.25) is 0 Å². The highest BCUT2D eigenvalue weighted by Crippen LogP contribution is 2.25. The highest BCUT2D eigenvalue weighted by molar-refractivity contribution is 5.56. The van der Waals surface area contributed by atoms with Crippen LogP contribution in [-0.4, -0.2) is 43.2 Å². The lowest BCUT2D eigenvalue weighted by atomic mass is 10.1. The number of aryl methyl sites for hydroxylation is 1. The number of nitrogens with one attached hydrogen (secondary N) is 1. The molecule has 0 bridgehead atoms. The Hall–Kier alpha value is -1.29. The maximum Gasteiger partial charge on any atom is 0.160 e. The number of pyridine rings is 1. The summed E-state index contributed by atoms with van der Waals surface area (Å²) in [6, 6.07) is 2.55. The van der Waals surface area contributed by atoms with Gasteiger partial charge >= 0.3 is 0 Å². The number of hydrogen-bond donors (Lipinski definition) is 1. The smallest absolute Gasteiger partial charge is 0.160 e. The number of ether oxygens (including phenoxy) is 1. The largest absolute Gasteiger partial charge is 0.493 e. The van der Waals surface area contributed by atoms with Gasteiger partial charge in [0.05, 0.1) is 19.0 Å². The van der Waals surface area contributed by atoms with Crippen LogP contribution in [0.5, 0.6) is 5.75 Å². The van der Waals surface area contributed by atoms with Crippen molar-refractivity contribution in [3.63, 3.8) is 0 Å². The first kappa shape index (κ1) is 12.2. The number of aromatic nitrogens is 1. The van der Waals surface area contributed by atoms with Gasteiger partial charge in [0.15, 0.2) is 5.75 Å². The number of piperidine rings is 1. The average Bonchev–Trinajstić information content (AvgIpc) is 2.29. The van der Waals surface area contributed by atoms with Gasteiger partial charge in [-0.2, -0.15) is 0 Å². The monoisotopic (exact) mass is 235 g/mol. The van der Waals surface area contributed by atoms with Crippen molar-refractivity contribution in [3.05, 3.63) is 18.0 Å². The van der Waals surface area contributed by atoms with Gasteiger partial charge in [-0.3, -0.25) is 4.98 Å². The molecule has 94 valence electrons. The Kier molecular flexibility index (Phi) is 3.84.